The van der Waals surface area contributed by atoms with Crippen molar-refractivity contribution >= 4 is 5.91 Å². The van der Waals surface area contributed by atoms with E-state index in [2.05, 4.69) is 27.4 Å². The molecule has 7 heteroatoms. The number of carbonyl (C=O) groups excluding carboxylic acids is 1. The Balaban J connectivity index is 1.60. The maximum Gasteiger partial charge on any atom is 0.237 e. The van der Waals surface area contributed by atoms with Crippen molar-refractivity contribution < 1.29 is 13.6 Å². The summed E-state index contributed by atoms with van der Waals surface area (Å²) in [4.78, 5) is 17.3. The van der Waals surface area contributed by atoms with Crippen molar-refractivity contribution in [3.05, 3.63) is 35.4 Å². The molecule has 0 saturated carbocycles. The maximum absolute atomic E-state index is 13.9. The molecule has 0 aliphatic carbocycles. The highest BCUT2D eigenvalue weighted by Crippen LogP contribution is 2.27. The Morgan fingerprint density at radius 2 is 2.00 bits per heavy atom. The fraction of sp³-hybridized carbons (Fsp3) is 0.667. The predicted molar refractivity (Wildman–Crippen MR) is 106 cm³/mol. The monoisotopic (exact) mass is 394 g/mol. The van der Waals surface area contributed by atoms with Gasteiger partial charge in [-0.25, -0.2) is 8.78 Å². The molecule has 2 saturated heterocycles. The van der Waals surface area contributed by atoms with E-state index in [-0.39, 0.29) is 18.0 Å². The van der Waals surface area contributed by atoms with Crippen LogP contribution in [0.2, 0.25) is 0 Å². The summed E-state index contributed by atoms with van der Waals surface area (Å²) >= 11 is 0. The molecule has 1 aromatic carbocycles. The van der Waals surface area contributed by atoms with Crippen LogP contribution in [0.25, 0.3) is 0 Å². The van der Waals surface area contributed by atoms with Crippen LogP contribution in [0, 0.1) is 11.6 Å². The molecule has 5 nitrogen and oxygen atoms in total. The highest BCUT2D eigenvalue weighted by Gasteiger charge is 2.40. The van der Waals surface area contributed by atoms with Gasteiger partial charge in [0.1, 0.15) is 11.6 Å². The first-order chi connectivity index (χ1) is 13.5. The van der Waals surface area contributed by atoms with Gasteiger partial charge in [0.25, 0.3) is 0 Å². The fourth-order valence-corrected chi connectivity index (χ4v) is 4.55. The van der Waals surface area contributed by atoms with Crippen LogP contribution in [-0.4, -0.2) is 67.1 Å². The van der Waals surface area contributed by atoms with E-state index in [9.17, 15) is 13.6 Å². The van der Waals surface area contributed by atoms with Crippen molar-refractivity contribution in [3.63, 3.8) is 0 Å². The zero-order valence-corrected chi connectivity index (χ0v) is 16.9. The molecule has 2 heterocycles. The first kappa shape index (κ1) is 21.1. The van der Waals surface area contributed by atoms with Gasteiger partial charge in [-0.3, -0.25) is 9.69 Å². The van der Waals surface area contributed by atoms with Gasteiger partial charge in [0.05, 0.1) is 6.04 Å². The normalized spacial score (nSPS) is 24.6. The van der Waals surface area contributed by atoms with Gasteiger partial charge in [0.15, 0.2) is 0 Å². The summed E-state index contributed by atoms with van der Waals surface area (Å²) in [5.41, 5.74) is 0.448. The Labute approximate surface area is 166 Å². The number of hydrogen-bond donors (Lipinski definition) is 2. The summed E-state index contributed by atoms with van der Waals surface area (Å²) in [5, 5.41) is 6.17. The highest BCUT2D eigenvalue weighted by molar-refractivity contribution is 5.82. The molecule has 1 amide bonds. The zero-order chi connectivity index (χ0) is 20.1. The third kappa shape index (κ3) is 5.07. The minimum atomic E-state index is -0.567. The number of piperidine rings is 1. The predicted octanol–water partition coefficient (Wildman–Crippen LogP) is 2.12. The van der Waals surface area contributed by atoms with E-state index in [1.165, 1.54) is 18.6 Å². The summed E-state index contributed by atoms with van der Waals surface area (Å²) in [6.45, 7) is 6.61. The molecule has 2 fully saturated rings. The molecule has 1 aromatic rings. The second-order valence-electron chi connectivity index (χ2n) is 7.95. The molecule has 0 spiro atoms. The van der Waals surface area contributed by atoms with Gasteiger partial charge in [-0.15, -0.1) is 0 Å². The number of carbonyl (C=O) groups is 1. The van der Waals surface area contributed by atoms with Crippen LogP contribution >= 0.6 is 0 Å². The molecule has 0 radical (unpaired) electrons. The molecule has 3 rings (SSSR count). The van der Waals surface area contributed by atoms with Crippen molar-refractivity contribution in [3.8, 4) is 0 Å². The van der Waals surface area contributed by atoms with E-state index >= 15 is 0 Å². The fourth-order valence-electron chi connectivity index (χ4n) is 4.55. The van der Waals surface area contributed by atoms with Crippen molar-refractivity contribution in [2.45, 2.75) is 57.3 Å². The Hall–Kier alpha value is -1.57. The first-order valence-electron chi connectivity index (χ1n) is 10.4. The van der Waals surface area contributed by atoms with Crippen LogP contribution in [-0.2, 0) is 11.3 Å². The summed E-state index contributed by atoms with van der Waals surface area (Å²) < 4.78 is 27.0. The lowest BCUT2D eigenvalue weighted by Crippen LogP contribution is -2.51. The molecule has 2 N–H and O–H groups in total. The second kappa shape index (κ2) is 9.76. The lowest BCUT2D eigenvalue weighted by Gasteiger charge is -2.38. The zero-order valence-electron chi connectivity index (χ0n) is 16.9. The Kier molecular flexibility index (Phi) is 7.37. The largest absolute Gasteiger partial charge is 0.358 e. The van der Waals surface area contributed by atoms with E-state index in [1.807, 2.05) is 0 Å². The number of nitrogens with one attached hydrogen (secondary N) is 2. The molecular formula is C21H32F2N4O. The summed E-state index contributed by atoms with van der Waals surface area (Å²) in [6.07, 6.45) is 4.03. The number of halogens is 2. The molecule has 2 atom stereocenters. The third-order valence-corrected chi connectivity index (χ3v) is 6.05. The van der Waals surface area contributed by atoms with Gasteiger partial charge in [-0.1, -0.05) is 13.0 Å². The number of nitrogens with zero attached hydrogens (tertiary/aromatic N) is 2. The van der Waals surface area contributed by atoms with Gasteiger partial charge in [-0.05, 0) is 51.4 Å². The Morgan fingerprint density at radius 3 is 2.64 bits per heavy atom. The minimum Gasteiger partial charge on any atom is -0.358 e. The minimum absolute atomic E-state index is 0.0493. The van der Waals surface area contributed by atoms with E-state index in [0.717, 1.165) is 45.1 Å². The van der Waals surface area contributed by atoms with Crippen molar-refractivity contribution in [2.24, 2.45) is 0 Å². The first-order valence-corrected chi connectivity index (χ1v) is 10.4. The van der Waals surface area contributed by atoms with E-state index < -0.39 is 11.6 Å². The van der Waals surface area contributed by atoms with Gasteiger partial charge < -0.3 is 15.5 Å². The van der Waals surface area contributed by atoms with Crippen LogP contribution in [0.3, 0.4) is 0 Å². The maximum atomic E-state index is 13.9. The lowest BCUT2D eigenvalue weighted by molar-refractivity contribution is -0.126. The molecule has 156 valence electrons. The average molecular weight is 395 g/mol. The average Bonchev–Trinajstić information content (AvgIpc) is 3.12. The quantitative estimate of drug-likeness (QED) is 0.744. The van der Waals surface area contributed by atoms with E-state index in [0.29, 0.717) is 24.6 Å². The van der Waals surface area contributed by atoms with Crippen LogP contribution < -0.4 is 10.6 Å². The van der Waals surface area contributed by atoms with Gasteiger partial charge in [0, 0.05) is 43.9 Å². The van der Waals surface area contributed by atoms with E-state index in [4.69, 9.17) is 0 Å². The van der Waals surface area contributed by atoms with Crippen molar-refractivity contribution in [1.29, 1.82) is 0 Å². The highest BCUT2D eigenvalue weighted by atomic mass is 19.1. The molecule has 2 aliphatic heterocycles. The smallest absolute Gasteiger partial charge is 0.237 e. The lowest BCUT2D eigenvalue weighted by atomic mass is 10.0. The van der Waals surface area contributed by atoms with Gasteiger partial charge >= 0.3 is 0 Å². The standard InChI is InChI=1S/C21H32F2N4O/c1-3-8-26-9-6-18(7-10-26)27-14-17(12-20(27)21(28)24-2)25-13-15-4-5-16(22)11-19(15)23/h4-5,11,17-18,20,25H,3,6-10,12-14H2,1-2H3,(H,24,28)/t17-,20+/m1/s1. The number of likely N-dealkylation sites (N-methyl/N-ethyl adjacent to an activating group) is 1. The summed E-state index contributed by atoms with van der Waals surface area (Å²) in [7, 11) is 1.68. The molecule has 2 aliphatic rings. The van der Waals surface area contributed by atoms with Crippen LogP contribution in [0.5, 0.6) is 0 Å². The topological polar surface area (TPSA) is 47.6 Å². The van der Waals surface area contributed by atoms with Crippen molar-refractivity contribution in [2.75, 3.05) is 33.2 Å². The third-order valence-electron chi connectivity index (χ3n) is 6.05. The van der Waals surface area contributed by atoms with Crippen molar-refractivity contribution in [1.82, 2.24) is 20.4 Å². The number of amides is 1. The number of likely N-dealkylation sites (tertiary alicyclic amines) is 2. The second-order valence-corrected chi connectivity index (χ2v) is 7.95. The van der Waals surface area contributed by atoms with Gasteiger partial charge in [-0.2, -0.15) is 0 Å². The Morgan fingerprint density at radius 1 is 1.25 bits per heavy atom. The molecule has 0 unspecified atom stereocenters. The summed E-state index contributed by atoms with van der Waals surface area (Å²) in [6, 6.07) is 4.03. The van der Waals surface area contributed by atoms with Crippen LogP contribution in [0.1, 0.15) is 38.2 Å². The number of benzene rings is 1. The molecule has 0 bridgehead atoms. The van der Waals surface area contributed by atoms with Crippen LogP contribution in [0.15, 0.2) is 18.2 Å². The molecular weight excluding hydrogens is 362 g/mol. The molecule has 0 aromatic heterocycles. The van der Waals surface area contributed by atoms with Crippen LogP contribution in [0.4, 0.5) is 8.78 Å². The SMILES string of the molecule is CCCN1CCC(N2C[C@H](NCc3ccc(F)cc3F)C[C@H]2C(=O)NC)CC1. The molecule has 28 heavy (non-hydrogen) atoms. The number of hydrogen-bond acceptors (Lipinski definition) is 4. The Bertz CT molecular complexity index is 664. The van der Waals surface area contributed by atoms with E-state index in [1.54, 1.807) is 7.05 Å². The van der Waals surface area contributed by atoms with Gasteiger partial charge in [0.2, 0.25) is 5.91 Å². The summed E-state index contributed by atoms with van der Waals surface area (Å²) in [5.74, 6) is -1.05. The number of rotatable bonds is 7.